The summed E-state index contributed by atoms with van der Waals surface area (Å²) in [6, 6.07) is 7.45. The van der Waals surface area contributed by atoms with E-state index in [0.29, 0.717) is 0 Å². The topological polar surface area (TPSA) is 38.3 Å². The molecule has 3 nitrogen and oxygen atoms in total. The maximum Gasteiger partial charge on any atom is 0.411 e. The van der Waals surface area contributed by atoms with Crippen molar-refractivity contribution in [2.24, 2.45) is 0 Å². The molecule has 0 unspecified atom stereocenters. The SMILES string of the molecule is Cc1ccccc1CC(=O)NCCOCC(F)(F)F. The van der Waals surface area contributed by atoms with E-state index < -0.39 is 12.8 Å². The van der Waals surface area contributed by atoms with Crippen LogP contribution in [0.3, 0.4) is 0 Å². The van der Waals surface area contributed by atoms with E-state index in [-0.39, 0.29) is 25.5 Å². The van der Waals surface area contributed by atoms with Gasteiger partial charge in [0.1, 0.15) is 6.61 Å². The van der Waals surface area contributed by atoms with Crippen LogP contribution >= 0.6 is 0 Å². The van der Waals surface area contributed by atoms with Crippen molar-refractivity contribution in [1.29, 1.82) is 0 Å². The van der Waals surface area contributed by atoms with Crippen LogP contribution in [0.4, 0.5) is 13.2 Å². The monoisotopic (exact) mass is 275 g/mol. The molecule has 19 heavy (non-hydrogen) atoms. The van der Waals surface area contributed by atoms with Crippen molar-refractivity contribution in [3.05, 3.63) is 35.4 Å². The number of benzene rings is 1. The second-order valence-electron chi connectivity index (χ2n) is 4.12. The number of aryl methyl sites for hydroxylation is 1. The molecule has 1 aromatic carbocycles. The molecule has 0 heterocycles. The second kappa shape index (κ2) is 7.13. The van der Waals surface area contributed by atoms with Crippen LogP contribution < -0.4 is 5.32 Å². The van der Waals surface area contributed by atoms with Gasteiger partial charge in [0, 0.05) is 6.54 Å². The molecule has 6 heteroatoms. The predicted molar refractivity (Wildman–Crippen MR) is 64.8 cm³/mol. The quantitative estimate of drug-likeness (QED) is 0.809. The van der Waals surface area contributed by atoms with Gasteiger partial charge in [0.25, 0.3) is 0 Å². The van der Waals surface area contributed by atoms with E-state index in [1.807, 2.05) is 31.2 Å². The molecule has 1 N–H and O–H groups in total. The Labute approximate surface area is 109 Å². The van der Waals surface area contributed by atoms with Gasteiger partial charge in [-0.3, -0.25) is 4.79 Å². The molecule has 1 amide bonds. The van der Waals surface area contributed by atoms with E-state index in [2.05, 4.69) is 10.1 Å². The average Bonchev–Trinajstić information content (AvgIpc) is 2.30. The number of nitrogens with one attached hydrogen (secondary N) is 1. The lowest BCUT2D eigenvalue weighted by Crippen LogP contribution is -2.30. The molecule has 1 rings (SSSR count). The number of amides is 1. The number of rotatable bonds is 6. The van der Waals surface area contributed by atoms with Gasteiger partial charge in [-0.05, 0) is 18.1 Å². The Morgan fingerprint density at radius 2 is 2.00 bits per heavy atom. The van der Waals surface area contributed by atoms with Crippen LogP contribution in [0, 0.1) is 6.92 Å². The van der Waals surface area contributed by atoms with Gasteiger partial charge in [-0.1, -0.05) is 24.3 Å². The van der Waals surface area contributed by atoms with Gasteiger partial charge < -0.3 is 10.1 Å². The number of hydrogen-bond acceptors (Lipinski definition) is 2. The Hall–Kier alpha value is -1.56. The molecule has 0 spiro atoms. The summed E-state index contributed by atoms with van der Waals surface area (Å²) in [5.41, 5.74) is 1.90. The van der Waals surface area contributed by atoms with Crippen molar-refractivity contribution < 1.29 is 22.7 Å². The van der Waals surface area contributed by atoms with Gasteiger partial charge in [-0.15, -0.1) is 0 Å². The molecule has 0 aliphatic carbocycles. The smallest absolute Gasteiger partial charge is 0.370 e. The largest absolute Gasteiger partial charge is 0.411 e. The first kappa shape index (κ1) is 15.5. The summed E-state index contributed by atoms with van der Waals surface area (Å²) in [5, 5.41) is 2.51. The van der Waals surface area contributed by atoms with Gasteiger partial charge in [0.15, 0.2) is 0 Å². The Kier molecular flexibility index (Phi) is 5.82. The van der Waals surface area contributed by atoms with Gasteiger partial charge in [0.05, 0.1) is 13.0 Å². The summed E-state index contributed by atoms with van der Waals surface area (Å²) in [6.45, 7) is 0.523. The predicted octanol–water partition coefficient (Wildman–Crippen LogP) is 2.23. The second-order valence-corrected chi connectivity index (χ2v) is 4.12. The van der Waals surface area contributed by atoms with E-state index in [1.165, 1.54) is 0 Å². The molecule has 0 aliphatic heterocycles. The summed E-state index contributed by atoms with van der Waals surface area (Å²) < 4.78 is 39.7. The van der Waals surface area contributed by atoms with Crippen molar-refractivity contribution in [3.63, 3.8) is 0 Å². The zero-order chi connectivity index (χ0) is 14.3. The van der Waals surface area contributed by atoms with Gasteiger partial charge in [-0.25, -0.2) is 0 Å². The van der Waals surface area contributed by atoms with Crippen molar-refractivity contribution in [2.75, 3.05) is 19.8 Å². The molecule has 0 saturated heterocycles. The summed E-state index contributed by atoms with van der Waals surface area (Å²) in [7, 11) is 0. The minimum Gasteiger partial charge on any atom is -0.370 e. The highest BCUT2D eigenvalue weighted by atomic mass is 19.4. The number of hydrogen-bond donors (Lipinski definition) is 1. The fourth-order valence-electron chi connectivity index (χ4n) is 1.49. The lowest BCUT2D eigenvalue weighted by atomic mass is 10.1. The molecule has 0 aliphatic rings. The lowest BCUT2D eigenvalue weighted by Gasteiger charge is -2.09. The van der Waals surface area contributed by atoms with Crippen molar-refractivity contribution in [3.8, 4) is 0 Å². The normalized spacial score (nSPS) is 11.4. The van der Waals surface area contributed by atoms with Crippen LogP contribution in [-0.2, 0) is 16.0 Å². The Balaban J connectivity index is 2.20. The third-order valence-corrected chi connectivity index (χ3v) is 2.45. The molecular weight excluding hydrogens is 259 g/mol. The number of ether oxygens (including phenoxy) is 1. The zero-order valence-electron chi connectivity index (χ0n) is 10.6. The number of carbonyl (C=O) groups excluding carboxylic acids is 1. The molecule has 0 aromatic heterocycles. The first-order valence-corrected chi connectivity index (χ1v) is 5.84. The van der Waals surface area contributed by atoms with Crippen LogP contribution in [0.1, 0.15) is 11.1 Å². The van der Waals surface area contributed by atoms with Crippen LogP contribution in [0.15, 0.2) is 24.3 Å². The number of carbonyl (C=O) groups is 1. The molecule has 0 radical (unpaired) electrons. The maximum atomic E-state index is 11.8. The van der Waals surface area contributed by atoms with E-state index >= 15 is 0 Å². The molecule has 0 saturated carbocycles. The molecular formula is C13H16F3NO2. The van der Waals surface area contributed by atoms with Gasteiger partial charge in [0.2, 0.25) is 5.91 Å². The summed E-state index contributed by atoms with van der Waals surface area (Å²) in [6.07, 6.45) is -4.11. The molecule has 1 aromatic rings. The van der Waals surface area contributed by atoms with Crippen LogP contribution in [0.5, 0.6) is 0 Å². The average molecular weight is 275 g/mol. The van der Waals surface area contributed by atoms with E-state index in [0.717, 1.165) is 11.1 Å². The highest BCUT2D eigenvalue weighted by molar-refractivity contribution is 5.78. The standard InChI is InChI=1S/C13H16F3NO2/c1-10-4-2-3-5-11(10)8-12(18)17-6-7-19-9-13(14,15)16/h2-5H,6-9H2,1H3,(H,17,18). The van der Waals surface area contributed by atoms with Crippen LogP contribution in [-0.4, -0.2) is 31.8 Å². The minimum absolute atomic E-state index is 0.0702. The highest BCUT2D eigenvalue weighted by Crippen LogP contribution is 2.14. The van der Waals surface area contributed by atoms with Crippen molar-refractivity contribution >= 4 is 5.91 Å². The van der Waals surface area contributed by atoms with Crippen molar-refractivity contribution in [1.82, 2.24) is 5.32 Å². The van der Waals surface area contributed by atoms with Gasteiger partial charge >= 0.3 is 6.18 Å². The Bertz CT molecular complexity index is 419. The van der Waals surface area contributed by atoms with Gasteiger partial charge in [-0.2, -0.15) is 13.2 Å². The highest BCUT2D eigenvalue weighted by Gasteiger charge is 2.27. The first-order valence-electron chi connectivity index (χ1n) is 5.84. The summed E-state index contributed by atoms with van der Waals surface area (Å²) in [5.74, 6) is -0.232. The van der Waals surface area contributed by atoms with E-state index in [9.17, 15) is 18.0 Å². The summed E-state index contributed by atoms with van der Waals surface area (Å²) in [4.78, 5) is 11.5. The van der Waals surface area contributed by atoms with E-state index in [1.54, 1.807) is 0 Å². The molecule has 106 valence electrons. The Morgan fingerprint density at radius 3 is 2.63 bits per heavy atom. The lowest BCUT2D eigenvalue weighted by molar-refractivity contribution is -0.173. The molecule has 0 fully saturated rings. The third-order valence-electron chi connectivity index (χ3n) is 2.45. The fourth-order valence-corrected chi connectivity index (χ4v) is 1.49. The maximum absolute atomic E-state index is 11.8. The first-order chi connectivity index (χ1) is 8.88. The minimum atomic E-state index is -4.33. The molecule has 0 bridgehead atoms. The fraction of sp³-hybridized carbons (Fsp3) is 0.462. The van der Waals surface area contributed by atoms with E-state index in [4.69, 9.17) is 0 Å². The summed E-state index contributed by atoms with van der Waals surface area (Å²) >= 11 is 0. The number of halogens is 3. The number of alkyl halides is 3. The van der Waals surface area contributed by atoms with Crippen LogP contribution in [0.25, 0.3) is 0 Å². The Morgan fingerprint density at radius 1 is 1.32 bits per heavy atom. The van der Waals surface area contributed by atoms with Crippen LogP contribution in [0.2, 0.25) is 0 Å². The van der Waals surface area contributed by atoms with Crippen molar-refractivity contribution in [2.45, 2.75) is 19.5 Å². The third kappa shape index (κ3) is 6.81. The zero-order valence-corrected chi connectivity index (χ0v) is 10.6. The molecule has 0 atom stereocenters.